The molecule has 0 spiro atoms. The molecule has 118 valence electrons. The second-order valence-corrected chi connectivity index (χ2v) is 6.25. The fraction of sp³-hybridized carbons (Fsp3) is 0.500. The van der Waals surface area contributed by atoms with Gasteiger partial charge in [0.1, 0.15) is 0 Å². The summed E-state index contributed by atoms with van der Waals surface area (Å²) in [7, 11) is 0. The predicted molar refractivity (Wildman–Crippen MR) is 89.0 cm³/mol. The summed E-state index contributed by atoms with van der Waals surface area (Å²) in [4.78, 5) is 14.5. The minimum absolute atomic E-state index is 0.0843. The zero-order valence-electron chi connectivity index (χ0n) is 12.9. The average molecular weight is 300 g/mol. The maximum Gasteiger partial charge on any atom is 0.225 e. The largest absolute Gasteiger partial charge is 0.393 e. The molecular weight excluding hydrogens is 276 g/mol. The van der Waals surface area contributed by atoms with Crippen LogP contribution in [0.2, 0.25) is 0 Å². The Bertz CT molecular complexity index is 548. The zero-order valence-corrected chi connectivity index (χ0v) is 12.9. The monoisotopic (exact) mass is 300 g/mol. The summed E-state index contributed by atoms with van der Waals surface area (Å²) < 4.78 is 0. The Morgan fingerprint density at radius 1 is 1.23 bits per heavy atom. The number of aliphatic hydroxyl groups excluding tert-OH is 1. The molecule has 1 aliphatic carbocycles. The van der Waals surface area contributed by atoms with Gasteiger partial charge in [0.2, 0.25) is 5.91 Å². The van der Waals surface area contributed by atoms with Crippen LogP contribution in [0.1, 0.15) is 32.1 Å². The molecule has 22 heavy (non-hydrogen) atoms. The Kier molecular flexibility index (Phi) is 4.78. The van der Waals surface area contributed by atoms with Gasteiger partial charge in [-0.25, -0.2) is 0 Å². The third kappa shape index (κ3) is 3.69. The zero-order chi connectivity index (χ0) is 15.4. The molecule has 1 aromatic rings. The summed E-state index contributed by atoms with van der Waals surface area (Å²) in [5.41, 5.74) is 1.94. The highest BCUT2D eigenvalue weighted by Crippen LogP contribution is 2.29. The second kappa shape index (κ2) is 6.97. The van der Waals surface area contributed by atoms with E-state index in [-0.39, 0.29) is 12.0 Å². The lowest BCUT2D eigenvalue weighted by molar-refractivity contribution is -0.116. The lowest BCUT2D eigenvalue weighted by Gasteiger charge is -2.32. The van der Waals surface area contributed by atoms with Crippen molar-refractivity contribution >= 4 is 17.3 Å². The molecule has 1 amide bonds. The van der Waals surface area contributed by atoms with Crippen LogP contribution in [0.15, 0.2) is 36.4 Å². The number of rotatable bonds is 4. The summed E-state index contributed by atoms with van der Waals surface area (Å²) in [5.74, 6) is 0.471. The van der Waals surface area contributed by atoms with E-state index in [2.05, 4.69) is 22.4 Å². The Balaban J connectivity index is 1.65. The SMILES string of the molecule is O=C(CC1C=CCC1)Nc1ccccc1N1CCC(O)CC1. The van der Waals surface area contributed by atoms with E-state index in [1.165, 1.54) is 0 Å². The van der Waals surface area contributed by atoms with Crippen molar-refractivity contribution in [2.75, 3.05) is 23.3 Å². The number of hydrogen-bond donors (Lipinski definition) is 2. The van der Waals surface area contributed by atoms with Gasteiger partial charge in [-0.2, -0.15) is 0 Å². The van der Waals surface area contributed by atoms with Crippen molar-refractivity contribution in [3.63, 3.8) is 0 Å². The number of carbonyl (C=O) groups is 1. The van der Waals surface area contributed by atoms with Crippen molar-refractivity contribution in [2.45, 2.75) is 38.2 Å². The molecule has 1 unspecified atom stereocenters. The minimum atomic E-state index is -0.188. The molecule has 3 rings (SSSR count). The highest BCUT2D eigenvalue weighted by Gasteiger charge is 2.20. The van der Waals surface area contributed by atoms with E-state index in [4.69, 9.17) is 0 Å². The Labute approximate surface area is 131 Å². The first-order valence-electron chi connectivity index (χ1n) is 8.21. The quantitative estimate of drug-likeness (QED) is 0.841. The van der Waals surface area contributed by atoms with Gasteiger partial charge in [0.25, 0.3) is 0 Å². The van der Waals surface area contributed by atoms with Crippen molar-refractivity contribution in [1.29, 1.82) is 0 Å². The number of nitrogens with zero attached hydrogens (tertiary/aromatic N) is 1. The van der Waals surface area contributed by atoms with Gasteiger partial charge in [-0.3, -0.25) is 4.79 Å². The van der Waals surface area contributed by atoms with E-state index in [0.29, 0.717) is 12.3 Å². The van der Waals surface area contributed by atoms with Crippen LogP contribution < -0.4 is 10.2 Å². The molecule has 4 nitrogen and oxygen atoms in total. The van der Waals surface area contributed by atoms with E-state index in [1.807, 2.05) is 24.3 Å². The number of amides is 1. The molecule has 2 N–H and O–H groups in total. The molecule has 1 aliphatic heterocycles. The van der Waals surface area contributed by atoms with Crippen LogP contribution in [0.5, 0.6) is 0 Å². The third-order valence-corrected chi connectivity index (χ3v) is 4.54. The van der Waals surface area contributed by atoms with Gasteiger partial charge in [0, 0.05) is 19.5 Å². The molecule has 0 radical (unpaired) electrons. The summed E-state index contributed by atoms with van der Waals surface area (Å²) >= 11 is 0. The first-order chi connectivity index (χ1) is 10.7. The predicted octanol–water partition coefficient (Wildman–Crippen LogP) is 2.94. The van der Waals surface area contributed by atoms with Crippen molar-refractivity contribution in [2.24, 2.45) is 5.92 Å². The van der Waals surface area contributed by atoms with E-state index in [0.717, 1.165) is 50.1 Å². The Hall–Kier alpha value is -1.81. The van der Waals surface area contributed by atoms with Gasteiger partial charge in [0.15, 0.2) is 0 Å². The van der Waals surface area contributed by atoms with E-state index >= 15 is 0 Å². The Morgan fingerprint density at radius 2 is 2.00 bits per heavy atom. The fourth-order valence-electron chi connectivity index (χ4n) is 3.27. The molecule has 0 bridgehead atoms. The number of aliphatic hydroxyl groups is 1. The van der Waals surface area contributed by atoms with Crippen LogP contribution in [-0.2, 0) is 4.79 Å². The van der Waals surface area contributed by atoms with E-state index in [9.17, 15) is 9.90 Å². The van der Waals surface area contributed by atoms with Crippen LogP contribution in [0.4, 0.5) is 11.4 Å². The number of piperidine rings is 1. The number of para-hydroxylation sites is 2. The molecule has 4 heteroatoms. The molecule has 2 aliphatic rings. The van der Waals surface area contributed by atoms with Crippen molar-refractivity contribution in [3.05, 3.63) is 36.4 Å². The molecule has 0 aromatic heterocycles. The number of nitrogens with one attached hydrogen (secondary N) is 1. The molecule has 1 saturated heterocycles. The average Bonchev–Trinajstić information content (AvgIpc) is 3.01. The summed E-state index contributed by atoms with van der Waals surface area (Å²) in [5, 5.41) is 12.7. The number of carbonyl (C=O) groups excluding carboxylic acids is 1. The van der Waals surface area contributed by atoms with Crippen LogP contribution >= 0.6 is 0 Å². The molecule has 1 aromatic carbocycles. The molecule has 1 atom stereocenters. The number of hydrogen-bond acceptors (Lipinski definition) is 3. The number of allylic oxidation sites excluding steroid dienone is 2. The van der Waals surface area contributed by atoms with E-state index in [1.54, 1.807) is 0 Å². The van der Waals surface area contributed by atoms with Crippen LogP contribution in [-0.4, -0.2) is 30.2 Å². The minimum Gasteiger partial charge on any atom is -0.393 e. The maximum atomic E-state index is 12.3. The molecule has 1 fully saturated rings. The lowest BCUT2D eigenvalue weighted by atomic mass is 10.0. The van der Waals surface area contributed by atoms with E-state index < -0.39 is 0 Å². The van der Waals surface area contributed by atoms with Crippen molar-refractivity contribution in [1.82, 2.24) is 0 Å². The topological polar surface area (TPSA) is 52.6 Å². The van der Waals surface area contributed by atoms with Gasteiger partial charge in [0.05, 0.1) is 17.5 Å². The third-order valence-electron chi connectivity index (χ3n) is 4.54. The highest BCUT2D eigenvalue weighted by atomic mass is 16.3. The Morgan fingerprint density at radius 3 is 2.73 bits per heavy atom. The van der Waals surface area contributed by atoms with Gasteiger partial charge in [-0.05, 0) is 43.7 Å². The highest BCUT2D eigenvalue weighted by molar-refractivity contribution is 5.94. The van der Waals surface area contributed by atoms with Crippen LogP contribution in [0.25, 0.3) is 0 Å². The summed E-state index contributed by atoms with van der Waals surface area (Å²) in [6.07, 6.45) is 8.42. The van der Waals surface area contributed by atoms with Crippen LogP contribution in [0.3, 0.4) is 0 Å². The fourth-order valence-corrected chi connectivity index (χ4v) is 3.27. The van der Waals surface area contributed by atoms with Crippen LogP contribution in [0, 0.1) is 5.92 Å². The van der Waals surface area contributed by atoms with Crippen molar-refractivity contribution in [3.8, 4) is 0 Å². The lowest BCUT2D eigenvalue weighted by Crippen LogP contribution is -2.36. The molecule has 1 heterocycles. The maximum absolute atomic E-state index is 12.3. The second-order valence-electron chi connectivity index (χ2n) is 6.25. The number of anilines is 2. The molecule has 0 saturated carbocycles. The van der Waals surface area contributed by atoms with Gasteiger partial charge in [-0.1, -0.05) is 24.3 Å². The van der Waals surface area contributed by atoms with Crippen molar-refractivity contribution < 1.29 is 9.90 Å². The normalized spacial score (nSPS) is 22.0. The first-order valence-corrected chi connectivity index (χ1v) is 8.21. The standard InChI is InChI=1S/C18H24N2O2/c21-15-9-11-20(12-10-15)17-8-4-3-7-16(17)19-18(22)13-14-5-1-2-6-14/h1,3-5,7-8,14-15,21H,2,6,9-13H2,(H,19,22). The van der Waals surface area contributed by atoms with Gasteiger partial charge >= 0.3 is 0 Å². The van der Waals surface area contributed by atoms with Gasteiger partial charge < -0.3 is 15.3 Å². The first kappa shape index (κ1) is 15.1. The smallest absolute Gasteiger partial charge is 0.225 e. The summed E-state index contributed by atoms with van der Waals surface area (Å²) in [6.45, 7) is 1.67. The number of benzene rings is 1. The van der Waals surface area contributed by atoms with Gasteiger partial charge in [-0.15, -0.1) is 0 Å². The molecular formula is C18H24N2O2. The summed E-state index contributed by atoms with van der Waals surface area (Å²) in [6, 6.07) is 7.95.